The van der Waals surface area contributed by atoms with E-state index in [1.54, 1.807) is 24.8 Å². The van der Waals surface area contributed by atoms with Crippen molar-refractivity contribution in [3.63, 3.8) is 0 Å². The van der Waals surface area contributed by atoms with Gasteiger partial charge in [0.1, 0.15) is 17.1 Å². The van der Waals surface area contributed by atoms with Crippen LogP contribution in [0.3, 0.4) is 0 Å². The highest BCUT2D eigenvalue weighted by molar-refractivity contribution is 9.10. The summed E-state index contributed by atoms with van der Waals surface area (Å²) in [6.07, 6.45) is 9.38. The normalized spacial score (nSPS) is 23.3. The number of aromatic nitrogens is 2. The number of fused-ring (bicyclic) bond motifs is 1. The zero-order chi connectivity index (χ0) is 27.5. The number of aromatic amines is 1. The van der Waals surface area contributed by atoms with Gasteiger partial charge in [0.15, 0.2) is 0 Å². The Balaban J connectivity index is 0.000000555. The van der Waals surface area contributed by atoms with Gasteiger partial charge in [0.25, 0.3) is 5.91 Å². The zero-order valence-electron chi connectivity index (χ0n) is 20.7. The number of nitrogens with zero attached hydrogens (tertiary/aromatic N) is 3. The van der Waals surface area contributed by atoms with Crippen LogP contribution in [0.2, 0.25) is 0 Å². The average Bonchev–Trinajstić information content (AvgIpc) is 3.42. The molecule has 2 atom stereocenters. The zero-order valence-corrected chi connectivity index (χ0v) is 23.9. The van der Waals surface area contributed by atoms with Crippen molar-refractivity contribution in [3.8, 4) is 0 Å². The molecule has 1 aromatic carbocycles. The number of halogens is 1. The van der Waals surface area contributed by atoms with Crippen molar-refractivity contribution in [2.45, 2.75) is 41.6 Å². The van der Waals surface area contributed by atoms with Crippen LogP contribution in [0.25, 0.3) is 0 Å². The van der Waals surface area contributed by atoms with Gasteiger partial charge in [0, 0.05) is 45.7 Å². The number of rotatable bonds is 7. The molecule has 2 saturated heterocycles. The summed E-state index contributed by atoms with van der Waals surface area (Å²) in [6.45, 7) is 0.663. The van der Waals surface area contributed by atoms with Crippen LogP contribution in [0.1, 0.15) is 19.3 Å². The first-order valence-electron chi connectivity index (χ1n) is 12.4. The number of carboxylic acid groups (broad SMARTS) is 1. The molecule has 3 amide bonds. The van der Waals surface area contributed by atoms with Crippen LogP contribution < -0.4 is 5.32 Å². The summed E-state index contributed by atoms with van der Waals surface area (Å²) >= 11 is 6.14. The molecule has 6 rings (SSSR count). The molecule has 4 aliphatic rings. The van der Waals surface area contributed by atoms with Gasteiger partial charge in [-0.1, -0.05) is 15.9 Å². The molecule has 3 fully saturated rings. The Kier molecular flexibility index (Phi) is 8.48. The molecule has 0 spiro atoms. The number of H-pyrrole nitrogens is 1. The van der Waals surface area contributed by atoms with Crippen LogP contribution in [0, 0.1) is 0 Å². The number of aliphatic carboxylic acids is 1. The van der Waals surface area contributed by atoms with Crippen molar-refractivity contribution in [2.24, 2.45) is 0 Å². The highest BCUT2D eigenvalue weighted by atomic mass is 79.9. The molecule has 4 heterocycles. The molecule has 0 radical (unpaired) electrons. The maximum atomic E-state index is 12.8. The largest absolute Gasteiger partial charge is 0.477 e. The number of nitrogens with one attached hydrogen (secondary N) is 2. The van der Waals surface area contributed by atoms with E-state index in [0.29, 0.717) is 35.9 Å². The lowest BCUT2D eigenvalue weighted by atomic mass is 10.0. The Hall–Kier alpha value is -3.03. The first-order valence-corrected chi connectivity index (χ1v) is 15.2. The lowest BCUT2D eigenvalue weighted by Gasteiger charge is -2.49. The minimum atomic E-state index is -1.20. The van der Waals surface area contributed by atoms with E-state index in [-0.39, 0.29) is 23.3 Å². The second kappa shape index (κ2) is 12.0. The maximum absolute atomic E-state index is 12.8. The molecule has 204 valence electrons. The van der Waals surface area contributed by atoms with E-state index >= 15 is 0 Å². The highest BCUT2D eigenvalue weighted by Gasteiger charge is 2.54. The summed E-state index contributed by atoms with van der Waals surface area (Å²) in [5.74, 6) is -1.44. The number of carboxylic acids is 1. The van der Waals surface area contributed by atoms with E-state index in [2.05, 4.69) is 31.2 Å². The fraction of sp³-hybridized carbons (Fsp3) is 0.346. The monoisotopic (exact) mass is 631 g/mol. The predicted octanol–water partition coefficient (Wildman–Crippen LogP) is 3.01. The molecule has 39 heavy (non-hydrogen) atoms. The molecular weight excluding hydrogens is 606 g/mol. The predicted molar refractivity (Wildman–Crippen MR) is 151 cm³/mol. The van der Waals surface area contributed by atoms with Gasteiger partial charge in [-0.25, -0.2) is 9.78 Å². The Labute approximate surface area is 241 Å². The number of likely N-dealkylation sites (tertiary alicyclic amines) is 1. The van der Waals surface area contributed by atoms with Crippen molar-refractivity contribution >= 4 is 63.1 Å². The second-order valence-corrected chi connectivity index (χ2v) is 12.4. The highest BCUT2D eigenvalue weighted by Crippen LogP contribution is 2.42. The molecule has 1 aromatic heterocycles. The van der Waals surface area contributed by atoms with Crippen LogP contribution in [-0.4, -0.2) is 84.1 Å². The third-order valence-corrected chi connectivity index (χ3v) is 9.44. The third kappa shape index (κ3) is 6.25. The Morgan fingerprint density at radius 1 is 1.26 bits per heavy atom. The van der Waals surface area contributed by atoms with E-state index < -0.39 is 23.3 Å². The van der Waals surface area contributed by atoms with Gasteiger partial charge in [-0.2, -0.15) is 0 Å². The van der Waals surface area contributed by atoms with Crippen LogP contribution in [0.4, 0.5) is 0 Å². The molecule has 2 aromatic rings. The second-order valence-electron chi connectivity index (χ2n) is 9.29. The summed E-state index contributed by atoms with van der Waals surface area (Å²) in [4.78, 5) is 60.5. The van der Waals surface area contributed by atoms with E-state index in [4.69, 9.17) is 0 Å². The summed E-state index contributed by atoms with van der Waals surface area (Å²) in [7, 11) is 0. The third-order valence-electron chi connectivity index (χ3n) is 6.60. The fourth-order valence-electron chi connectivity index (χ4n) is 4.58. The van der Waals surface area contributed by atoms with E-state index in [1.165, 1.54) is 28.4 Å². The number of hydrogen-bond acceptors (Lipinski definition) is 7. The first kappa shape index (κ1) is 27.5. The molecule has 3 N–H and O–H groups in total. The van der Waals surface area contributed by atoms with E-state index in [9.17, 15) is 24.3 Å². The smallest absolute Gasteiger partial charge is 0.352 e. The minimum Gasteiger partial charge on any atom is -0.477 e. The maximum Gasteiger partial charge on any atom is 0.352 e. The quantitative estimate of drug-likeness (QED) is 0.241. The molecule has 10 nitrogen and oxygen atoms in total. The fourth-order valence-corrected chi connectivity index (χ4v) is 6.86. The average molecular weight is 633 g/mol. The summed E-state index contributed by atoms with van der Waals surface area (Å²) in [5, 5.41) is 12.1. The number of benzene rings is 1. The molecule has 13 heteroatoms. The van der Waals surface area contributed by atoms with Crippen molar-refractivity contribution in [1.29, 1.82) is 0 Å². The Morgan fingerprint density at radius 2 is 2.03 bits per heavy atom. The van der Waals surface area contributed by atoms with Crippen molar-refractivity contribution in [2.75, 3.05) is 18.1 Å². The summed E-state index contributed by atoms with van der Waals surface area (Å²) in [6, 6.07) is 7.13. The van der Waals surface area contributed by atoms with E-state index in [1.807, 2.05) is 29.2 Å². The SMILES string of the molecule is O=C(CSc1ccc(Br)cc1)N[C@@H]1C(=O)N2C(C(=O)O)=C(C=C3CCN(C4CC4)C3=O)CS[C@H]12.c1c[nH]cn1. The van der Waals surface area contributed by atoms with Crippen molar-refractivity contribution in [3.05, 3.63) is 70.4 Å². The van der Waals surface area contributed by atoms with Crippen molar-refractivity contribution < 1.29 is 24.3 Å². The Bertz CT molecular complexity index is 1310. The molecular formula is C26H26BrN5O5S2. The molecule has 3 aliphatic heterocycles. The van der Waals surface area contributed by atoms with Crippen LogP contribution >= 0.6 is 39.5 Å². The number of β-lactam (4-membered cyclic amide) rings is 1. The van der Waals surface area contributed by atoms with E-state index in [0.717, 1.165) is 22.2 Å². The summed E-state index contributed by atoms with van der Waals surface area (Å²) in [5.41, 5.74) is 0.981. The number of allylic oxidation sites excluding steroid dienone is 1. The van der Waals surface area contributed by atoms with Gasteiger partial charge in [-0.05, 0) is 55.2 Å². The lowest BCUT2D eigenvalue weighted by Crippen LogP contribution is -2.70. The van der Waals surface area contributed by atoms with Gasteiger partial charge in [0.05, 0.1) is 12.1 Å². The van der Waals surface area contributed by atoms with Crippen LogP contribution in [-0.2, 0) is 19.2 Å². The number of imidazole rings is 1. The van der Waals surface area contributed by atoms with Gasteiger partial charge < -0.3 is 20.3 Å². The Morgan fingerprint density at radius 3 is 2.64 bits per heavy atom. The number of carbonyl (C=O) groups excluding carboxylic acids is 3. The summed E-state index contributed by atoms with van der Waals surface area (Å²) < 4.78 is 0.950. The van der Waals surface area contributed by atoms with Gasteiger partial charge in [-0.15, -0.1) is 23.5 Å². The number of thioether (sulfide) groups is 2. The van der Waals surface area contributed by atoms with Crippen LogP contribution in [0.15, 0.2) is 75.3 Å². The number of carbonyl (C=O) groups is 4. The standard InChI is InChI=1S/C23H22BrN3O5S2.C3H4N2/c24-14-1-5-16(6-2-14)33-11-17(28)25-18-21(30)27-19(23(31)32)13(10-34-22(18)27)9-12-7-8-26(20(12)29)15-3-4-15;1-2-5-3-4-1/h1-2,5-6,9,15,18,22H,3-4,7-8,10-11H2,(H,25,28)(H,31,32);1-3H,(H,4,5)/t18-,22-;/m1./s1. The number of amides is 3. The van der Waals surface area contributed by atoms with Gasteiger partial charge in [-0.3, -0.25) is 19.3 Å². The molecule has 0 unspecified atom stereocenters. The van der Waals surface area contributed by atoms with Crippen LogP contribution in [0.5, 0.6) is 0 Å². The topological polar surface area (TPSA) is 136 Å². The van der Waals surface area contributed by atoms with Gasteiger partial charge in [0.2, 0.25) is 11.8 Å². The lowest BCUT2D eigenvalue weighted by molar-refractivity contribution is -0.150. The van der Waals surface area contributed by atoms with Gasteiger partial charge >= 0.3 is 5.97 Å². The number of hydrogen-bond donors (Lipinski definition) is 3. The minimum absolute atomic E-state index is 0.0322. The molecule has 1 aliphatic carbocycles. The first-order chi connectivity index (χ1) is 18.8. The molecule has 0 bridgehead atoms. The van der Waals surface area contributed by atoms with Crippen molar-refractivity contribution in [1.82, 2.24) is 25.1 Å². The molecule has 1 saturated carbocycles.